The molecule has 0 bridgehead atoms. The molecular formula is C14H12N4O2S. The fourth-order valence-corrected chi connectivity index (χ4v) is 3.25. The Hall–Kier alpha value is -2.41. The second-order valence-electron chi connectivity index (χ2n) is 4.50. The third-order valence-electron chi connectivity index (χ3n) is 3.08. The summed E-state index contributed by atoms with van der Waals surface area (Å²) in [5.74, 6) is -0.996. The molecule has 0 aliphatic rings. The zero-order chi connectivity index (χ0) is 15.0. The summed E-state index contributed by atoms with van der Waals surface area (Å²) in [6.45, 7) is 1.85. The molecule has 3 aromatic rings. The number of nitrogens with zero attached hydrogens (tertiary/aromatic N) is 4. The van der Waals surface area contributed by atoms with Crippen LogP contribution in [0.3, 0.4) is 0 Å². The molecule has 0 spiro atoms. The second kappa shape index (κ2) is 5.17. The number of aromatic nitrogens is 4. The number of hydrogen-bond donors (Lipinski definition) is 1. The van der Waals surface area contributed by atoms with Crippen molar-refractivity contribution in [3.05, 3.63) is 42.0 Å². The molecule has 3 aromatic heterocycles. The van der Waals surface area contributed by atoms with E-state index in [1.807, 2.05) is 19.1 Å². The number of pyridine rings is 2. The highest BCUT2D eigenvalue weighted by atomic mass is 32.2. The van der Waals surface area contributed by atoms with E-state index in [0.29, 0.717) is 10.5 Å². The molecule has 106 valence electrons. The number of rotatable bonds is 3. The van der Waals surface area contributed by atoms with E-state index in [9.17, 15) is 9.90 Å². The van der Waals surface area contributed by atoms with Crippen LogP contribution in [-0.2, 0) is 7.05 Å². The van der Waals surface area contributed by atoms with Crippen molar-refractivity contribution in [1.82, 2.24) is 19.7 Å². The molecule has 1 N–H and O–H groups in total. The van der Waals surface area contributed by atoms with Crippen LogP contribution < -0.4 is 0 Å². The van der Waals surface area contributed by atoms with Crippen LogP contribution in [0, 0.1) is 6.92 Å². The Labute approximate surface area is 124 Å². The number of carboxylic acids is 1. The lowest BCUT2D eigenvalue weighted by Gasteiger charge is -2.07. The molecule has 0 saturated heterocycles. The molecular weight excluding hydrogens is 288 g/mol. The van der Waals surface area contributed by atoms with Gasteiger partial charge in [-0.05, 0) is 19.1 Å². The molecule has 0 radical (unpaired) electrons. The minimum Gasteiger partial charge on any atom is -0.478 e. The molecule has 6 nitrogen and oxygen atoms in total. The van der Waals surface area contributed by atoms with Gasteiger partial charge in [0.25, 0.3) is 0 Å². The molecule has 0 fully saturated rings. The lowest BCUT2D eigenvalue weighted by Crippen LogP contribution is -2.01. The predicted molar refractivity (Wildman–Crippen MR) is 78.6 cm³/mol. The van der Waals surface area contributed by atoms with E-state index >= 15 is 0 Å². The van der Waals surface area contributed by atoms with Crippen molar-refractivity contribution in [2.24, 2.45) is 7.05 Å². The summed E-state index contributed by atoms with van der Waals surface area (Å²) in [6.07, 6.45) is 4.74. The quantitative estimate of drug-likeness (QED) is 0.800. The van der Waals surface area contributed by atoms with E-state index in [0.717, 1.165) is 16.0 Å². The first-order chi connectivity index (χ1) is 10.1. The molecule has 0 unspecified atom stereocenters. The number of fused-ring (bicyclic) bond motifs is 1. The lowest BCUT2D eigenvalue weighted by atomic mass is 10.2. The van der Waals surface area contributed by atoms with Gasteiger partial charge in [0.1, 0.15) is 0 Å². The van der Waals surface area contributed by atoms with Crippen molar-refractivity contribution in [3.63, 3.8) is 0 Å². The van der Waals surface area contributed by atoms with Crippen molar-refractivity contribution in [3.8, 4) is 0 Å². The van der Waals surface area contributed by atoms with Crippen LogP contribution in [0.25, 0.3) is 11.0 Å². The Balaban J connectivity index is 2.26. The van der Waals surface area contributed by atoms with Gasteiger partial charge in [-0.25, -0.2) is 9.78 Å². The SMILES string of the molecule is Cc1nn(C)c2ncc(C(=O)O)c(Sc3ccncc3)c12. The number of carboxylic acid groups (broad SMARTS) is 1. The van der Waals surface area contributed by atoms with Gasteiger partial charge in [0.05, 0.1) is 16.6 Å². The van der Waals surface area contributed by atoms with Crippen LogP contribution in [-0.4, -0.2) is 30.8 Å². The highest BCUT2D eigenvalue weighted by Gasteiger charge is 2.20. The Morgan fingerprint density at radius 3 is 2.71 bits per heavy atom. The summed E-state index contributed by atoms with van der Waals surface area (Å²) in [7, 11) is 1.80. The van der Waals surface area contributed by atoms with E-state index in [1.165, 1.54) is 18.0 Å². The average molecular weight is 300 g/mol. The molecule has 0 atom stereocenters. The van der Waals surface area contributed by atoms with Crippen LogP contribution >= 0.6 is 11.8 Å². The molecule has 3 heterocycles. The fraction of sp³-hybridized carbons (Fsp3) is 0.143. The summed E-state index contributed by atoms with van der Waals surface area (Å²) in [5, 5.41) is 14.5. The third kappa shape index (κ3) is 2.36. The van der Waals surface area contributed by atoms with E-state index < -0.39 is 5.97 Å². The molecule has 3 rings (SSSR count). The molecule has 0 amide bonds. The molecule has 21 heavy (non-hydrogen) atoms. The summed E-state index contributed by atoms with van der Waals surface area (Å²) < 4.78 is 1.66. The molecule has 7 heteroatoms. The highest BCUT2D eigenvalue weighted by Crippen LogP contribution is 2.36. The average Bonchev–Trinajstić information content (AvgIpc) is 2.75. The monoisotopic (exact) mass is 300 g/mol. The Bertz CT molecular complexity index is 830. The van der Waals surface area contributed by atoms with Gasteiger partial charge in [0.2, 0.25) is 0 Å². The van der Waals surface area contributed by atoms with Crippen LogP contribution in [0.4, 0.5) is 0 Å². The Morgan fingerprint density at radius 2 is 2.05 bits per heavy atom. The van der Waals surface area contributed by atoms with E-state index in [2.05, 4.69) is 15.1 Å². The van der Waals surface area contributed by atoms with Gasteiger partial charge in [-0.15, -0.1) is 0 Å². The maximum atomic E-state index is 11.5. The molecule has 0 aliphatic carbocycles. The van der Waals surface area contributed by atoms with Gasteiger partial charge in [-0.3, -0.25) is 9.67 Å². The van der Waals surface area contributed by atoms with Gasteiger partial charge in [0.15, 0.2) is 5.65 Å². The van der Waals surface area contributed by atoms with Gasteiger partial charge in [-0.2, -0.15) is 5.10 Å². The fourth-order valence-electron chi connectivity index (χ4n) is 2.16. The van der Waals surface area contributed by atoms with Crippen molar-refractivity contribution in [2.75, 3.05) is 0 Å². The molecule has 0 aliphatic heterocycles. The van der Waals surface area contributed by atoms with Gasteiger partial charge in [-0.1, -0.05) is 11.8 Å². The van der Waals surface area contributed by atoms with E-state index in [-0.39, 0.29) is 5.56 Å². The number of hydrogen-bond acceptors (Lipinski definition) is 5. The van der Waals surface area contributed by atoms with Crippen LogP contribution in [0.1, 0.15) is 16.1 Å². The predicted octanol–water partition coefficient (Wildman–Crippen LogP) is 2.52. The van der Waals surface area contributed by atoms with Crippen LogP contribution in [0.5, 0.6) is 0 Å². The molecule has 0 aromatic carbocycles. The lowest BCUT2D eigenvalue weighted by molar-refractivity contribution is 0.0693. The maximum absolute atomic E-state index is 11.5. The van der Waals surface area contributed by atoms with Crippen LogP contribution in [0.15, 0.2) is 40.5 Å². The van der Waals surface area contributed by atoms with Gasteiger partial charge >= 0.3 is 5.97 Å². The van der Waals surface area contributed by atoms with E-state index in [4.69, 9.17) is 0 Å². The number of carbonyl (C=O) groups is 1. The topological polar surface area (TPSA) is 80.9 Å². The summed E-state index contributed by atoms with van der Waals surface area (Å²) in [4.78, 5) is 21.2. The summed E-state index contributed by atoms with van der Waals surface area (Å²) in [5.41, 5.74) is 1.62. The summed E-state index contributed by atoms with van der Waals surface area (Å²) >= 11 is 1.39. The van der Waals surface area contributed by atoms with Crippen molar-refractivity contribution < 1.29 is 9.90 Å². The largest absolute Gasteiger partial charge is 0.478 e. The molecule has 0 saturated carbocycles. The Morgan fingerprint density at radius 1 is 1.33 bits per heavy atom. The first kappa shape index (κ1) is 13.6. The van der Waals surface area contributed by atoms with Crippen molar-refractivity contribution in [1.29, 1.82) is 0 Å². The smallest absolute Gasteiger partial charge is 0.338 e. The second-order valence-corrected chi connectivity index (χ2v) is 5.58. The highest BCUT2D eigenvalue weighted by molar-refractivity contribution is 7.99. The standard InChI is InChI=1S/C14H12N4O2S/c1-8-11-12(21-9-3-5-15-6-4-9)10(14(19)20)7-16-13(11)18(2)17-8/h3-7H,1-2H3,(H,19,20). The van der Waals surface area contributed by atoms with E-state index in [1.54, 1.807) is 24.1 Å². The minimum absolute atomic E-state index is 0.181. The van der Waals surface area contributed by atoms with Crippen molar-refractivity contribution in [2.45, 2.75) is 16.7 Å². The van der Waals surface area contributed by atoms with Gasteiger partial charge in [0, 0.05) is 35.4 Å². The summed E-state index contributed by atoms with van der Waals surface area (Å²) in [6, 6.07) is 3.68. The Kier molecular flexibility index (Phi) is 3.34. The third-order valence-corrected chi connectivity index (χ3v) is 4.22. The minimum atomic E-state index is -0.996. The zero-order valence-corrected chi connectivity index (χ0v) is 12.3. The normalized spacial score (nSPS) is 11.0. The van der Waals surface area contributed by atoms with Gasteiger partial charge < -0.3 is 5.11 Å². The first-order valence-corrected chi connectivity index (χ1v) is 7.03. The maximum Gasteiger partial charge on any atom is 0.338 e. The van der Waals surface area contributed by atoms with Crippen molar-refractivity contribution >= 4 is 28.8 Å². The number of aryl methyl sites for hydroxylation is 2. The first-order valence-electron chi connectivity index (χ1n) is 6.21. The number of aromatic carboxylic acids is 1. The van der Waals surface area contributed by atoms with Crippen LogP contribution in [0.2, 0.25) is 0 Å². The zero-order valence-electron chi connectivity index (χ0n) is 11.4.